The van der Waals surface area contributed by atoms with Gasteiger partial charge in [0, 0.05) is 4.88 Å². The number of rotatable bonds is 5. The molecule has 1 aromatic rings. The Morgan fingerprint density at radius 1 is 1.26 bits per heavy atom. The van der Waals surface area contributed by atoms with E-state index in [0.717, 1.165) is 36.1 Å². The van der Waals surface area contributed by atoms with Crippen molar-refractivity contribution < 1.29 is 24.2 Å². The van der Waals surface area contributed by atoms with Crippen LogP contribution in [0.15, 0.2) is 0 Å². The Labute approximate surface area is 137 Å². The van der Waals surface area contributed by atoms with Crippen LogP contribution in [-0.4, -0.2) is 29.6 Å². The van der Waals surface area contributed by atoms with Gasteiger partial charge in [0.25, 0.3) is 0 Å². The summed E-state index contributed by atoms with van der Waals surface area (Å²) in [5.74, 6) is -2.77. The number of carbonyl (C=O) groups excluding carboxylic acids is 2. The van der Waals surface area contributed by atoms with E-state index in [9.17, 15) is 14.4 Å². The predicted octanol–water partition coefficient (Wildman–Crippen LogP) is 2.46. The van der Waals surface area contributed by atoms with E-state index in [-0.39, 0.29) is 12.5 Å². The van der Waals surface area contributed by atoms with Crippen LogP contribution < -0.4 is 5.32 Å². The molecule has 1 fully saturated rings. The van der Waals surface area contributed by atoms with Gasteiger partial charge in [0.05, 0.1) is 24.0 Å². The van der Waals surface area contributed by atoms with Gasteiger partial charge < -0.3 is 15.2 Å². The second-order valence-corrected chi connectivity index (χ2v) is 7.02. The zero-order chi connectivity index (χ0) is 16.6. The molecule has 2 aliphatic carbocycles. The summed E-state index contributed by atoms with van der Waals surface area (Å²) in [6.07, 6.45) is 4.18. The molecule has 2 aliphatic rings. The number of carboxylic acid groups (broad SMARTS) is 1. The molecule has 0 spiro atoms. The zero-order valence-corrected chi connectivity index (χ0v) is 13.7. The fourth-order valence-electron chi connectivity index (χ4n) is 3.04. The standard InChI is InChI=1S/C16H19NO5S/c1-2-22-16(21)12-8-5-3-4-6-11(8)23-14(12)17-13(18)9-7-10(9)15(19)20/h9-10H,2-7H2,1H3,(H,17,18)(H,19,20). The van der Waals surface area contributed by atoms with E-state index in [0.29, 0.717) is 17.0 Å². The van der Waals surface area contributed by atoms with Crippen molar-refractivity contribution in [2.75, 3.05) is 11.9 Å². The van der Waals surface area contributed by atoms with Crippen molar-refractivity contribution in [2.24, 2.45) is 11.8 Å². The summed E-state index contributed by atoms with van der Waals surface area (Å²) in [4.78, 5) is 36.5. The molecule has 3 rings (SSSR count). The Morgan fingerprint density at radius 3 is 2.65 bits per heavy atom. The fraction of sp³-hybridized carbons (Fsp3) is 0.562. The number of anilines is 1. The van der Waals surface area contributed by atoms with Crippen LogP contribution in [0.25, 0.3) is 0 Å². The highest BCUT2D eigenvalue weighted by molar-refractivity contribution is 7.17. The number of amides is 1. The molecule has 7 heteroatoms. The Hall–Kier alpha value is -1.89. The van der Waals surface area contributed by atoms with Gasteiger partial charge in [0.15, 0.2) is 0 Å². The molecule has 23 heavy (non-hydrogen) atoms. The fourth-order valence-corrected chi connectivity index (χ4v) is 4.32. The molecule has 6 nitrogen and oxygen atoms in total. The average molecular weight is 337 g/mol. The predicted molar refractivity (Wildman–Crippen MR) is 84.8 cm³/mol. The molecule has 0 aliphatic heterocycles. The molecule has 2 N–H and O–H groups in total. The molecule has 1 amide bonds. The van der Waals surface area contributed by atoms with Crippen molar-refractivity contribution in [1.29, 1.82) is 0 Å². The Balaban J connectivity index is 1.83. The quantitative estimate of drug-likeness (QED) is 0.805. The van der Waals surface area contributed by atoms with Crippen molar-refractivity contribution in [3.63, 3.8) is 0 Å². The third kappa shape index (κ3) is 3.10. The summed E-state index contributed by atoms with van der Waals surface area (Å²) < 4.78 is 5.13. The lowest BCUT2D eigenvalue weighted by atomic mass is 9.95. The molecule has 1 saturated carbocycles. The van der Waals surface area contributed by atoms with Gasteiger partial charge in [0.2, 0.25) is 5.91 Å². The number of hydrogen-bond acceptors (Lipinski definition) is 5. The van der Waals surface area contributed by atoms with E-state index < -0.39 is 23.8 Å². The Kier molecular flexibility index (Phi) is 4.39. The molecule has 0 radical (unpaired) electrons. The van der Waals surface area contributed by atoms with Crippen LogP contribution >= 0.6 is 11.3 Å². The third-order valence-corrected chi connectivity index (χ3v) is 5.54. The zero-order valence-electron chi connectivity index (χ0n) is 12.9. The number of carbonyl (C=O) groups is 3. The molecule has 2 atom stereocenters. The van der Waals surface area contributed by atoms with Gasteiger partial charge in [-0.15, -0.1) is 11.3 Å². The van der Waals surface area contributed by atoms with Crippen molar-refractivity contribution in [3.8, 4) is 0 Å². The minimum absolute atomic E-state index is 0.278. The maximum Gasteiger partial charge on any atom is 0.341 e. The summed E-state index contributed by atoms with van der Waals surface area (Å²) in [5.41, 5.74) is 1.45. The minimum atomic E-state index is -0.943. The van der Waals surface area contributed by atoms with Crippen LogP contribution in [0.3, 0.4) is 0 Å². The van der Waals surface area contributed by atoms with Crippen LogP contribution in [0.4, 0.5) is 5.00 Å². The first kappa shape index (κ1) is 16.0. The highest BCUT2D eigenvalue weighted by atomic mass is 32.1. The lowest BCUT2D eigenvalue weighted by Crippen LogP contribution is -2.18. The Bertz CT molecular complexity index is 666. The van der Waals surface area contributed by atoms with Crippen LogP contribution in [0.2, 0.25) is 0 Å². The van der Waals surface area contributed by atoms with Crippen molar-refractivity contribution in [1.82, 2.24) is 0 Å². The number of aliphatic carboxylic acids is 1. The molecule has 1 heterocycles. The maximum absolute atomic E-state index is 12.3. The average Bonchev–Trinajstić information content (AvgIpc) is 3.23. The minimum Gasteiger partial charge on any atom is -0.481 e. The van der Waals surface area contributed by atoms with Crippen LogP contribution in [0.5, 0.6) is 0 Å². The van der Waals surface area contributed by atoms with E-state index in [4.69, 9.17) is 9.84 Å². The summed E-state index contributed by atoms with van der Waals surface area (Å²) >= 11 is 1.42. The lowest BCUT2D eigenvalue weighted by molar-refractivity contribution is -0.139. The number of ether oxygens (including phenoxy) is 1. The number of esters is 1. The van der Waals surface area contributed by atoms with Gasteiger partial charge in [0.1, 0.15) is 5.00 Å². The number of thiophene rings is 1. The van der Waals surface area contributed by atoms with Gasteiger partial charge in [-0.3, -0.25) is 9.59 Å². The van der Waals surface area contributed by atoms with E-state index in [1.165, 1.54) is 11.3 Å². The van der Waals surface area contributed by atoms with E-state index in [2.05, 4.69) is 5.32 Å². The van der Waals surface area contributed by atoms with Crippen LogP contribution in [0, 0.1) is 11.8 Å². The number of nitrogens with one attached hydrogen (secondary N) is 1. The highest BCUT2D eigenvalue weighted by Crippen LogP contribution is 2.42. The van der Waals surface area contributed by atoms with Gasteiger partial charge >= 0.3 is 11.9 Å². The first-order valence-corrected chi connectivity index (χ1v) is 8.69. The van der Waals surface area contributed by atoms with Crippen molar-refractivity contribution in [2.45, 2.75) is 39.0 Å². The largest absolute Gasteiger partial charge is 0.481 e. The molecular formula is C16H19NO5S. The number of fused-ring (bicyclic) bond motifs is 1. The second-order valence-electron chi connectivity index (χ2n) is 5.91. The normalized spacial score (nSPS) is 22.1. The van der Waals surface area contributed by atoms with E-state index in [1.807, 2.05) is 0 Å². The topological polar surface area (TPSA) is 92.7 Å². The highest BCUT2D eigenvalue weighted by Gasteiger charge is 2.48. The van der Waals surface area contributed by atoms with Gasteiger partial charge in [-0.25, -0.2) is 4.79 Å². The number of carboxylic acids is 1. The molecule has 2 unspecified atom stereocenters. The number of aryl methyl sites for hydroxylation is 1. The van der Waals surface area contributed by atoms with E-state index in [1.54, 1.807) is 6.92 Å². The molecule has 0 saturated heterocycles. The number of hydrogen-bond donors (Lipinski definition) is 2. The summed E-state index contributed by atoms with van der Waals surface area (Å²) in [6, 6.07) is 0. The van der Waals surface area contributed by atoms with Crippen molar-refractivity contribution >= 4 is 34.2 Å². The van der Waals surface area contributed by atoms with E-state index >= 15 is 0 Å². The maximum atomic E-state index is 12.3. The molecule has 124 valence electrons. The Morgan fingerprint density at radius 2 is 2.00 bits per heavy atom. The molecule has 0 aromatic carbocycles. The van der Waals surface area contributed by atoms with Gasteiger partial charge in [-0.1, -0.05) is 0 Å². The third-order valence-electron chi connectivity index (χ3n) is 4.33. The first-order valence-electron chi connectivity index (χ1n) is 7.88. The molecule has 1 aromatic heterocycles. The summed E-state index contributed by atoms with van der Waals surface area (Å²) in [6.45, 7) is 2.02. The monoisotopic (exact) mass is 337 g/mol. The second kappa shape index (κ2) is 6.31. The first-order chi connectivity index (χ1) is 11.0. The summed E-state index contributed by atoms with van der Waals surface area (Å²) in [7, 11) is 0. The van der Waals surface area contributed by atoms with Gasteiger partial charge in [-0.05, 0) is 44.6 Å². The smallest absolute Gasteiger partial charge is 0.341 e. The molecular weight excluding hydrogens is 318 g/mol. The SMILES string of the molecule is CCOC(=O)c1c(NC(=O)C2CC2C(=O)O)sc2c1CCCC2. The summed E-state index contributed by atoms with van der Waals surface area (Å²) in [5, 5.41) is 12.2. The van der Waals surface area contributed by atoms with Gasteiger partial charge in [-0.2, -0.15) is 0 Å². The van der Waals surface area contributed by atoms with Crippen molar-refractivity contribution in [3.05, 3.63) is 16.0 Å². The van der Waals surface area contributed by atoms with Crippen LogP contribution in [0.1, 0.15) is 47.0 Å². The lowest BCUT2D eigenvalue weighted by Gasteiger charge is -2.12. The molecule has 0 bridgehead atoms. The van der Waals surface area contributed by atoms with Crippen LogP contribution in [-0.2, 0) is 27.2 Å².